The normalized spacial score (nSPS) is 14.0. The average Bonchev–Trinajstić information content (AvgIpc) is 3.12. The second-order valence-corrected chi connectivity index (χ2v) is 11.9. The van der Waals surface area contributed by atoms with Crippen molar-refractivity contribution in [2.45, 2.75) is 47.5 Å². The van der Waals surface area contributed by atoms with Crippen molar-refractivity contribution in [2.75, 3.05) is 0 Å². The summed E-state index contributed by atoms with van der Waals surface area (Å²) < 4.78 is 0. The molecule has 1 aliphatic rings. The highest BCUT2D eigenvalue weighted by atomic mass is 14.3. The molecule has 1 atom stereocenters. The molecular formula is C40H35+. The van der Waals surface area contributed by atoms with Gasteiger partial charge < -0.3 is 0 Å². The second kappa shape index (κ2) is 9.14. The zero-order valence-electron chi connectivity index (χ0n) is 24.3. The maximum absolute atomic E-state index is 2.54. The largest absolute Gasteiger partial charge is 0.0802 e. The van der Waals surface area contributed by atoms with Crippen LogP contribution in [0, 0.1) is 41.5 Å². The van der Waals surface area contributed by atoms with E-state index in [-0.39, 0.29) is 5.92 Å². The zero-order valence-corrected chi connectivity index (χ0v) is 24.3. The van der Waals surface area contributed by atoms with Crippen molar-refractivity contribution >= 4 is 21.5 Å². The van der Waals surface area contributed by atoms with Crippen LogP contribution < -0.4 is 0 Å². The van der Waals surface area contributed by atoms with Gasteiger partial charge >= 0.3 is 0 Å². The first-order valence-corrected chi connectivity index (χ1v) is 14.4. The summed E-state index contributed by atoms with van der Waals surface area (Å²) in [4.78, 5) is 0. The van der Waals surface area contributed by atoms with E-state index in [2.05, 4.69) is 139 Å². The maximum Gasteiger partial charge on any atom is 0.0802 e. The van der Waals surface area contributed by atoms with E-state index in [1.807, 2.05) is 0 Å². The average molecular weight is 516 g/mol. The fraction of sp³-hybridized carbons (Fsp3) is 0.175. The van der Waals surface area contributed by atoms with E-state index in [0.29, 0.717) is 0 Å². The Kier molecular flexibility index (Phi) is 5.65. The van der Waals surface area contributed by atoms with Gasteiger partial charge in [-0.25, -0.2) is 0 Å². The van der Waals surface area contributed by atoms with Crippen LogP contribution >= 0.6 is 0 Å². The molecule has 1 aliphatic carbocycles. The summed E-state index contributed by atoms with van der Waals surface area (Å²) >= 11 is 0. The van der Waals surface area contributed by atoms with Crippen LogP contribution in [0.25, 0.3) is 43.8 Å². The highest BCUT2D eigenvalue weighted by Crippen LogP contribution is 2.52. The highest BCUT2D eigenvalue weighted by Gasteiger charge is 2.33. The van der Waals surface area contributed by atoms with Crippen molar-refractivity contribution in [1.29, 1.82) is 0 Å². The Bertz CT molecular complexity index is 1960. The number of rotatable bonds is 2. The summed E-state index contributed by atoms with van der Waals surface area (Å²) in [5.41, 5.74) is 17.8. The van der Waals surface area contributed by atoms with Gasteiger partial charge in [0.1, 0.15) is 0 Å². The van der Waals surface area contributed by atoms with Crippen molar-refractivity contribution in [3.63, 3.8) is 0 Å². The molecular weight excluding hydrogens is 480 g/mol. The van der Waals surface area contributed by atoms with Crippen molar-refractivity contribution < 1.29 is 0 Å². The fourth-order valence-electron chi connectivity index (χ4n) is 7.62. The van der Waals surface area contributed by atoms with E-state index in [9.17, 15) is 0 Å². The van der Waals surface area contributed by atoms with Gasteiger partial charge in [0, 0.05) is 34.4 Å². The topological polar surface area (TPSA) is 0 Å². The summed E-state index contributed by atoms with van der Waals surface area (Å²) in [5, 5.41) is 5.20. The van der Waals surface area contributed by atoms with E-state index in [4.69, 9.17) is 0 Å². The molecule has 0 saturated carbocycles. The van der Waals surface area contributed by atoms with Gasteiger partial charge in [0.25, 0.3) is 0 Å². The predicted octanol–water partition coefficient (Wildman–Crippen LogP) is 11.0. The van der Waals surface area contributed by atoms with Crippen LogP contribution in [0.2, 0.25) is 0 Å². The van der Waals surface area contributed by atoms with Gasteiger partial charge in [0.05, 0.1) is 16.3 Å². The molecule has 0 heterocycles. The molecule has 0 fully saturated rings. The number of benzene rings is 5. The third-order valence-corrected chi connectivity index (χ3v) is 8.99. The Morgan fingerprint density at radius 1 is 0.550 bits per heavy atom. The molecule has 0 heteroatoms. The van der Waals surface area contributed by atoms with Crippen LogP contribution in [-0.2, 0) is 0 Å². The van der Waals surface area contributed by atoms with E-state index in [1.54, 1.807) is 0 Å². The van der Waals surface area contributed by atoms with Crippen LogP contribution in [0.5, 0.6) is 0 Å². The van der Waals surface area contributed by atoms with Crippen molar-refractivity contribution in [1.82, 2.24) is 0 Å². The van der Waals surface area contributed by atoms with Gasteiger partial charge in [-0.3, -0.25) is 0 Å². The van der Waals surface area contributed by atoms with Crippen LogP contribution in [-0.4, -0.2) is 0 Å². The number of hydrogen-bond acceptors (Lipinski definition) is 0. The molecule has 6 aromatic carbocycles. The minimum absolute atomic E-state index is 0.223. The predicted molar refractivity (Wildman–Crippen MR) is 173 cm³/mol. The minimum atomic E-state index is 0.223. The van der Waals surface area contributed by atoms with E-state index in [0.717, 1.165) is 0 Å². The van der Waals surface area contributed by atoms with Gasteiger partial charge in [0.2, 0.25) is 0 Å². The second-order valence-electron chi connectivity index (χ2n) is 11.9. The Labute approximate surface area is 238 Å². The summed E-state index contributed by atoms with van der Waals surface area (Å²) in [6.07, 6.45) is 0. The standard InChI is InChI=1S/C40H35/c1-23-17-25(3)37(26(4)18-23)39-31-12-8-7-11-29(31)15-16-30-21-35-32-13-9-10-14-33(32)40(36(35)22-34(30)39)38-27(5)19-24(2)20-28(38)6/h7-22,40H,1-6H3/q+1/t40-/m0/s1. The third-order valence-electron chi connectivity index (χ3n) is 8.99. The first-order valence-electron chi connectivity index (χ1n) is 14.4. The molecule has 0 amide bonds. The molecule has 40 heavy (non-hydrogen) atoms. The molecule has 0 bridgehead atoms. The molecule has 0 aromatic heterocycles. The molecule has 0 radical (unpaired) electrons. The minimum Gasteiger partial charge on any atom is -0.0619 e. The molecule has 0 nitrogen and oxygen atoms in total. The maximum atomic E-state index is 2.54. The Morgan fingerprint density at radius 3 is 1.93 bits per heavy atom. The molecule has 6 aromatic rings. The zero-order chi connectivity index (χ0) is 27.7. The van der Waals surface area contributed by atoms with Gasteiger partial charge in [0.15, 0.2) is 0 Å². The first-order chi connectivity index (χ1) is 19.3. The summed E-state index contributed by atoms with van der Waals surface area (Å²) in [6.45, 7) is 13.5. The van der Waals surface area contributed by atoms with Gasteiger partial charge in [-0.05, 0) is 146 Å². The SMILES string of the molecule is Cc1cc(C)c(-c2c3cc4c(cc3ccc3cccc[c+]23)-c2ccccc2[C@@H]4c2c(C)cc(C)cc2C)c(C)c1. The molecule has 0 aliphatic heterocycles. The summed E-state index contributed by atoms with van der Waals surface area (Å²) in [7, 11) is 0. The lowest BCUT2D eigenvalue weighted by Crippen LogP contribution is -2.05. The summed E-state index contributed by atoms with van der Waals surface area (Å²) in [6, 6.07) is 36.9. The van der Waals surface area contributed by atoms with Crippen LogP contribution in [0.1, 0.15) is 56.0 Å². The van der Waals surface area contributed by atoms with Crippen LogP contribution in [0.4, 0.5) is 0 Å². The van der Waals surface area contributed by atoms with Crippen LogP contribution in [0.3, 0.4) is 0 Å². The quantitative estimate of drug-likeness (QED) is 0.201. The van der Waals surface area contributed by atoms with Gasteiger partial charge in [-0.2, -0.15) is 0 Å². The Balaban J connectivity index is 1.65. The van der Waals surface area contributed by atoms with Gasteiger partial charge in [-0.15, -0.1) is 0 Å². The van der Waals surface area contributed by atoms with Crippen LogP contribution in [0.15, 0.2) is 97.1 Å². The Hall–Kier alpha value is -4.29. The number of aryl methyl sites for hydroxylation is 6. The highest BCUT2D eigenvalue weighted by molar-refractivity contribution is 6.12. The number of fused-ring (bicyclic) bond motifs is 5. The molecule has 7 rings (SSSR count). The lowest BCUT2D eigenvalue weighted by atomic mass is 9.82. The van der Waals surface area contributed by atoms with Crippen molar-refractivity contribution in [3.8, 4) is 22.3 Å². The van der Waals surface area contributed by atoms with Crippen molar-refractivity contribution in [2.24, 2.45) is 0 Å². The number of hydrogen-bond donors (Lipinski definition) is 0. The molecule has 0 spiro atoms. The molecule has 0 unspecified atom stereocenters. The monoisotopic (exact) mass is 515 g/mol. The van der Waals surface area contributed by atoms with E-state index >= 15 is 0 Å². The fourth-order valence-corrected chi connectivity index (χ4v) is 7.62. The Morgan fingerprint density at radius 2 is 1.20 bits per heavy atom. The molecule has 0 N–H and O–H groups in total. The molecule has 194 valence electrons. The molecule has 0 saturated heterocycles. The lowest BCUT2D eigenvalue weighted by Gasteiger charge is -2.21. The first kappa shape index (κ1) is 24.7. The van der Waals surface area contributed by atoms with Crippen molar-refractivity contribution in [3.05, 3.63) is 147 Å². The third kappa shape index (κ3) is 3.70. The lowest BCUT2D eigenvalue weighted by molar-refractivity contribution is 0.977. The summed E-state index contributed by atoms with van der Waals surface area (Å²) in [5.74, 6) is 0.223. The van der Waals surface area contributed by atoms with E-state index in [1.165, 1.54) is 93.9 Å². The van der Waals surface area contributed by atoms with E-state index < -0.39 is 0 Å². The smallest absolute Gasteiger partial charge is 0.0619 e. The van der Waals surface area contributed by atoms with Gasteiger partial charge in [-0.1, -0.05) is 42.0 Å².